The molecule has 3 aromatic carbocycles. The van der Waals surface area contributed by atoms with E-state index < -0.39 is 0 Å². The van der Waals surface area contributed by atoms with Crippen molar-refractivity contribution in [1.29, 1.82) is 0 Å². The smallest absolute Gasteiger partial charge is 0.261 e. The molecule has 1 saturated heterocycles. The highest BCUT2D eigenvalue weighted by Crippen LogP contribution is 2.29. The Morgan fingerprint density at radius 2 is 1.61 bits per heavy atom. The maximum absolute atomic E-state index is 12.6. The number of hydrogen-bond donors (Lipinski definition) is 2. The zero-order valence-electron chi connectivity index (χ0n) is 21.4. The first-order valence-electron chi connectivity index (χ1n) is 13.1. The summed E-state index contributed by atoms with van der Waals surface area (Å²) in [5, 5.41) is 15.8. The van der Waals surface area contributed by atoms with E-state index in [-0.39, 0.29) is 17.9 Å². The molecule has 196 valence electrons. The zero-order chi connectivity index (χ0) is 26.0. The summed E-state index contributed by atoms with van der Waals surface area (Å²) >= 11 is 0. The van der Waals surface area contributed by atoms with Crippen LogP contribution in [0.2, 0.25) is 0 Å². The summed E-state index contributed by atoms with van der Waals surface area (Å²) in [6.07, 6.45) is 2.00. The van der Waals surface area contributed by atoms with Gasteiger partial charge in [-0.25, -0.2) is 5.10 Å². The van der Waals surface area contributed by atoms with E-state index in [1.165, 1.54) is 11.1 Å². The van der Waals surface area contributed by atoms with E-state index in [0.717, 1.165) is 45.6 Å². The van der Waals surface area contributed by atoms with Gasteiger partial charge in [0.15, 0.2) is 0 Å². The molecule has 2 heterocycles. The van der Waals surface area contributed by atoms with Gasteiger partial charge in [0.2, 0.25) is 5.95 Å². The number of rotatable bonds is 10. The van der Waals surface area contributed by atoms with Crippen LogP contribution in [0, 0.1) is 0 Å². The Morgan fingerprint density at radius 3 is 2.32 bits per heavy atom. The molecular formula is C29H33N7O2. The normalized spacial score (nSPS) is 14.8. The molecule has 9 nitrogen and oxygen atoms in total. The number of carbonyl (C=O) groups excluding carboxylic acids is 1. The monoisotopic (exact) mass is 511 g/mol. The van der Waals surface area contributed by atoms with E-state index in [4.69, 9.17) is 4.74 Å². The standard InChI is InChI=1S/C29H33N7O2/c37-28(30-29-31-33-34-32-29)25-15-7-8-16-26(25)38-22-10-18-35-17-9-19-36(21-20-35)27(23-11-3-1-4-12-23)24-13-5-2-6-14-24/h1-8,11-16,27H,9-10,17-22H2,(H2,30,31,32,33,34,37). The SMILES string of the molecule is O=C(Nc1nnn[nH]1)c1ccccc1OCCCN1CCCN(C(c2ccccc2)c2ccccc2)CC1. The number of tetrazole rings is 1. The minimum Gasteiger partial charge on any atom is -0.493 e. The van der Waals surface area contributed by atoms with Gasteiger partial charge in [-0.2, -0.15) is 0 Å². The molecule has 1 aromatic heterocycles. The van der Waals surface area contributed by atoms with Crippen LogP contribution in [0.4, 0.5) is 5.95 Å². The molecule has 5 rings (SSSR count). The summed E-state index contributed by atoms with van der Waals surface area (Å²) in [4.78, 5) is 17.8. The van der Waals surface area contributed by atoms with Crippen molar-refractivity contribution in [3.63, 3.8) is 0 Å². The van der Waals surface area contributed by atoms with E-state index in [1.54, 1.807) is 6.07 Å². The van der Waals surface area contributed by atoms with Crippen LogP contribution < -0.4 is 10.1 Å². The minimum atomic E-state index is -0.321. The lowest BCUT2D eigenvalue weighted by atomic mass is 9.97. The molecular weight excluding hydrogens is 478 g/mol. The fraction of sp³-hybridized carbons (Fsp3) is 0.310. The van der Waals surface area contributed by atoms with Crippen molar-refractivity contribution in [3.05, 3.63) is 102 Å². The largest absolute Gasteiger partial charge is 0.493 e. The van der Waals surface area contributed by atoms with Crippen LogP contribution in [-0.2, 0) is 0 Å². The van der Waals surface area contributed by atoms with Gasteiger partial charge in [0, 0.05) is 26.2 Å². The van der Waals surface area contributed by atoms with E-state index in [2.05, 4.69) is 96.4 Å². The van der Waals surface area contributed by atoms with Crippen molar-refractivity contribution in [1.82, 2.24) is 30.4 Å². The number of amides is 1. The van der Waals surface area contributed by atoms with Crippen molar-refractivity contribution in [2.75, 3.05) is 44.6 Å². The number of H-pyrrole nitrogens is 1. The number of ether oxygens (including phenoxy) is 1. The number of nitrogens with one attached hydrogen (secondary N) is 2. The Labute approximate surface area is 222 Å². The first-order valence-corrected chi connectivity index (χ1v) is 13.1. The lowest BCUT2D eigenvalue weighted by Crippen LogP contribution is -2.34. The predicted molar refractivity (Wildman–Crippen MR) is 146 cm³/mol. The lowest BCUT2D eigenvalue weighted by molar-refractivity contribution is 0.102. The second kappa shape index (κ2) is 12.9. The molecule has 0 spiro atoms. The Hall–Kier alpha value is -4.08. The Kier molecular flexibility index (Phi) is 8.70. The molecule has 1 fully saturated rings. The Morgan fingerprint density at radius 1 is 0.895 bits per heavy atom. The van der Waals surface area contributed by atoms with Gasteiger partial charge < -0.3 is 9.64 Å². The third-order valence-corrected chi connectivity index (χ3v) is 6.80. The summed E-state index contributed by atoms with van der Waals surface area (Å²) in [5.74, 6) is 0.424. The van der Waals surface area contributed by atoms with E-state index in [9.17, 15) is 4.79 Å². The molecule has 0 unspecified atom stereocenters. The maximum atomic E-state index is 12.6. The Balaban J connectivity index is 1.14. The number of hydrogen-bond acceptors (Lipinski definition) is 7. The summed E-state index contributed by atoms with van der Waals surface area (Å²) < 4.78 is 6.02. The van der Waals surface area contributed by atoms with Crippen LogP contribution in [0.1, 0.15) is 40.4 Å². The minimum absolute atomic E-state index is 0.196. The first-order chi connectivity index (χ1) is 18.8. The highest BCUT2D eigenvalue weighted by Gasteiger charge is 2.24. The molecule has 0 atom stereocenters. The van der Waals surface area contributed by atoms with Crippen LogP contribution in [-0.4, -0.2) is 75.7 Å². The van der Waals surface area contributed by atoms with Crippen LogP contribution in [0.3, 0.4) is 0 Å². The molecule has 2 N–H and O–H groups in total. The quantitative estimate of drug-likeness (QED) is 0.310. The molecule has 0 radical (unpaired) electrons. The summed E-state index contributed by atoms with van der Waals surface area (Å²) in [6, 6.07) is 29.1. The highest BCUT2D eigenvalue weighted by atomic mass is 16.5. The zero-order valence-corrected chi connectivity index (χ0v) is 21.4. The fourth-order valence-corrected chi connectivity index (χ4v) is 4.99. The van der Waals surface area contributed by atoms with Crippen LogP contribution in [0.25, 0.3) is 0 Å². The van der Waals surface area contributed by atoms with Crippen molar-refractivity contribution >= 4 is 11.9 Å². The molecule has 4 aromatic rings. The van der Waals surface area contributed by atoms with Crippen molar-refractivity contribution < 1.29 is 9.53 Å². The number of carbonyl (C=O) groups is 1. The number of para-hydroxylation sites is 1. The van der Waals surface area contributed by atoms with Gasteiger partial charge in [0.05, 0.1) is 18.2 Å². The van der Waals surface area contributed by atoms with Crippen LogP contribution in [0.5, 0.6) is 5.75 Å². The van der Waals surface area contributed by atoms with Gasteiger partial charge in [0.25, 0.3) is 5.91 Å². The number of anilines is 1. The number of aromatic nitrogens is 4. The van der Waals surface area contributed by atoms with E-state index in [0.29, 0.717) is 17.9 Å². The molecule has 1 aliphatic heterocycles. The average molecular weight is 512 g/mol. The van der Waals surface area contributed by atoms with Gasteiger partial charge in [-0.05, 0) is 53.1 Å². The molecule has 0 aliphatic carbocycles. The third kappa shape index (κ3) is 6.62. The van der Waals surface area contributed by atoms with Gasteiger partial charge in [0.1, 0.15) is 5.75 Å². The van der Waals surface area contributed by atoms with Crippen LogP contribution >= 0.6 is 0 Å². The lowest BCUT2D eigenvalue weighted by Gasteiger charge is -2.31. The molecule has 9 heteroatoms. The fourth-order valence-electron chi connectivity index (χ4n) is 4.99. The summed E-state index contributed by atoms with van der Waals surface area (Å²) in [7, 11) is 0. The second-order valence-corrected chi connectivity index (χ2v) is 9.36. The predicted octanol–water partition coefficient (Wildman–Crippen LogP) is 4.02. The molecule has 0 bridgehead atoms. The molecule has 0 saturated carbocycles. The maximum Gasteiger partial charge on any atom is 0.261 e. The summed E-state index contributed by atoms with van der Waals surface area (Å²) in [5.41, 5.74) is 3.12. The second-order valence-electron chi connectivity index (χ2n) is 9.36. The molecule has 1 aliphatic rings. The Bertz CT molecular complexity index is 1230. The average Bonchev–Trinajstić information content (AvgIpc) is 3.37. The van der Waals surface area contributed by atoms with Gasteiger partial charge in [-0.15, -0.1) is 0 Å². The summed E-state index contributed by atoms with van der Waals surface area (Å²) in [6.45, 7) is 5.63. The first kappa shape index (κ1) is 25.6. The third-order valence-electron chi connectivity index (χ3n) is 6.80. The highest BCUT2D eigenvalue weighted by molar-refractivity contribution is 6.05. The van der Waals surface area contributed by atoms with Crippen molar-refractivity contribution in [2.45, 2.75) is 18.9 Å². The van der Waals surface area contributed by atoms with Gasteiger partial charge in [-0.1, -0.05) is 77.9 Å². The molecule has 1 amide bonds. The van der Waals surface area contributed by atoms with E-state index in [1.807, 2.05) is 18.2 Å². The topological polar surface area (TPSA) is 99.3 Å². The van der Waals surface area contributed by atoms with Gasteiger partial charge >= 0.3 is 0 Å². The van der Waals surface area contributed by atoms with Gasteiger partial charge in [-0.3, -0.25) is 15.0 Å². The molecule has 38 heavy (non-hydrogen) atoms. The van der Waals surface area contributed by atoms with Crippen molar-refractivity contribution in [3.8, 4) is 5.75 Å². The van der Waals surface area contributed by atoms with E-state index >= 15 is 0 Å². The number of nitrogens with zero attached hydrogens (tertiary/aromatic N) is 5. The number of benzene rings is 3. The van der Waals surface area contributed by atoms with Crippen molar-refractivity contribution in [2.24, 2.45) is 0 Å². The van der Waals surface area contributed by atoms with Crippen LogP contribution in [0.15, 0.2) is 84.9 Å². The number of aromatic amines is 1.